The van der Waals surface area contributed by atoms with E-state index < -0.39 is 0 Å². The minimum Gasteiger partial charge on any atom is -0.380 e. The molecule has 1 aliphatic heterocycles. The summed E-state index contributed by atoms with van der Waals surface area (Å²) in [5.41, 5.74) is 6.79. The average molecular weight is 169 g/mol. The van der Waals surface area contributed by atoms with Gasteiger partial charge in [0.05, 0.1) is 13.2 Å². The first-order valence-corrected chi connectivity index (χ1v) is 5.05. The van der Waals surface area contributed by atoms with Crippen LogP contribution in [-0.4, -0.2) is 18.8 Å². The van der Waals surface area contributed by atoms with Crippen molar-refractivity contribution in [3.05, 3.63) is 0 Å². The van der Waals surface area contributed by atoms with Crippen LogP contribution in [0.5, 0.6) is 0 Å². The number of rotatable bonds is 4. The number of nitrogens with two attached hydrogens (primary N) is 1. The molecule has 1 saturated heterocycles. The quantitative estimate of drug-likeness (QED) is 0.695. The van der Waals surface area contributed by atoms with Gasteiger partial charge in [-0.15, -0.1) is 0 Å². The fourth-order valence-electron chi connectivity index (χ4n) is 1.84. The summed E-state index contributed by atoms with van der Waals surface area (Å²) < 4.78 is 5.27. The van der Waals surface area contributed by atoms with Crippen LogP contribution in [0.25, 0.3) is 0 Å². The van der Waals surface area contributed by atoms with Gasteiger partial charge in [-0.1, -0.05) is 6.92 Å². The predicted molar refractivity (Wildman–Crippen MR) is 48.9 cm³/mol. The lowest BCUT2D eigenvalue weighted by Crippen LogP contribution is -2.43. The molecule has 2 fully saturated rings. The lowest BCUT2D eigenvalue weighted by molar-refractivity contribution is -0.121. The Balaban J connectivity index is 1.77. The Bertz CT molecular complexity index is 165. The lowest BCUT2D eigenvalue weighted by Gasteiger charge is -2.41. The highest BCUT2D eigenvalue weighted by atomic mass is 16.5. The standard InChI is InChI=1S/C10H19NO/c1-2-9(7-12-8-9)3-4-10(11)5-6-10/h2-8,11H2,1H3. The Morgan fingerprint density at radius 2 is 1.92 bits per heavy atom. The molecule has 2 rings (SSSR count). The Morgan fingerprint density at radius 1 is 1.25 bits per heavy atom. The van der Waals surface area contributed by atoms with E-state index in [1.165, 1.54) is 32.1 Å². The van der Waals surface area contributed by atoms with Crippen molar-refractivity contribution in [3.63, 3.8) is 0 Å². The summed E-state index contributed by atoms with van der Waals surface area (Å²) in [7, 11) is 0. The molecule has 0 aromatic rings. The molecule has 12 heavy (non-hydrogen) atoms. The second kappa shape index (κ2) is 2.71. The summed E-state index contributed by atoms with van der Waals surface area (Å²) >= 11 is 0. The molecule has 0 aromatic heterocycles. The minimum atomic E-state index is 0.234. The van der Waals surface area contributed by atoms with Gasteiger partial charge in [0.2, 0.25) is 0 Å². The number of hydrogen-bond acceptors (Lipinski definition) is 2. The average Bonchev–Trinajstić information content (AvgIpc) is 2.68. The molecule has 0 bridgehead atoms. The molecule has 1 aliphatic carbocycles. The van der Waals surface area contributed by atoms with Gasteiger partial charge in [-0.3, -0.25) is 0 Å². The zero-order chi connectivity index (χ0) is 8.66. The second-order valence-corrected chi connectivity index (χ2v) is 4.71. The first-order valence-electron chi connectivity index (χ1n) is 5.05. The van der Waals surface area contributed by atoms with Crippen molar-refractivity contribution in [1.29, 1.82) is 0 Å². The van der Waals surface area contributed by atoms with E-state index in [4.69, 9.17) is 10.5 Å². The Hall–Kier alpha value is -0.0800. The van der Waals surface area contributed by atoms with E-state index >= 15 is 0 Å². The number of hydrogen-bond donors (Lipinski definition) is 1. The van der Waals surface area contributed by atoms with Crippen LogP contribution in [0.1, 0.15) is 39.0 Å². The van der Waals surface area contributed by atoms with E-state index in [0.29, 0.717) is 5.41 Å². The lowest BCUT2D eigenvalue weighted by atomic mass is 9.78. The van der Waals surface area contributed by atoms with E-state index in [1.807, 2.05) is 0 Å². The maximum Gasteiger partial charge on any atom is 0.0544 e. The van der Waals surface area contributed by atoms with Crippen LogP contribution < -0.4 is 5.73 Å². The summed E-state index contributed by atoms with van der Waals surface area (Å²) in [4.78, 5) is 0. The first-order chi connectivity index (χ1) is 5.68. The predicted octanol–water partition coefficient (Wildman–Crippen LogP) is 1.68. The Morgan fingerprint density at radius 3 is 2.25 bits per heavy atom. The van der Waals surface area contributed by atoms with Gasteiger partial charge in [-0.05, 0) is 32.1 Å². The number of ether oxygens (including phenoxy) is 1. The summed E-state index contributed by atoms with van der Waals surface area (Å²) in [6.45, 7) is 4.21. The van der Waals surface area contributed by atoms with Crippen LogP contribution in [0.2, 0.25) is 0 Å². The maximum absolute atomic E-state index is 6.05. The van der Waals surface area contributed by atoms with Crippen molar-refractivity contribution in [2.75, 3.05) is 13.2 Å². The van der Waals surface area contributed by atoms with Crippen molar-refractivity contribution >= 4 is 0 Å². The topological polar surface area (TPSA) is 35.2 Å². The Labute approximate surface area is 74.5 Å². The fraction of sp³-hybridized carbons (Fsp3) is 1.00. The molecule has 0 amide bonds. The third kappa shape index (κ3) is 1.50. The highest BCUT2D eigenvalue weighted by Crippen LogP contribution is 2.43. The molecule has 70 valence electrons. The van der Waals surface area contributed by atoms with Gasteiger partial charge in [-0.2, -0.15) is 0 Å². The molecule has 1 heterocycles. The van der Waals surface area contributed by atoms with Crippen LogP contribution in [0.3, 0.4) is 0 Å². The molecule has 2 heteroatoms. The molecule has 0 atom stereocenters. The zero-order valence-electron chi connectivity index (χ0n) is 7.94. The third-order valence-electron chi connectivity index (χ3n) is 3.61. The maximum atomic E-state index is 6.05. The smallest absolute Gasteiger partial charge is 0.0544 e. The highest BCUT2D eigenvalue weighted by molar-refractivity contribution is 5.00. The third-order valence-corrected chi connectivity index (χ3v) is 3.61. The van der Waals surface area contributed by atoms with Crippen LogP contribution in [-0.2, 0) is 4.74 Å². The van der Waals surface area contributed by atoms with Gasteiger partial charge < -0.3 is 10.5 Å². The van der Waals surface area contributed by atoms with Gasteiger partial charge in [0, 0.05) is 11.0 Å². The molecular weight excluding hydrogens is 150 g/mol. The zero-order valence-corrected chi connectivity index (χ0v) is 7.94. The van der Waals surface area contributed by atoms with E-state index in [9.17, 15) is 0 Å². The normalized spacial score (nSPS) is 29.5. The highest BCUT2D eigenvalue weighted by Gasteiger charge is 2.43. The van der Waals surface area contributed by atoms with Gasteiger partial charge in [0.1, 0.15) is 0 Å². The molecule has 0 unspecified atom stereocenters. The van der Waals surface area contributed by atoms with Crippen LogP contribution in [0, 0.1) is 5.41 Å². The van der Waals surface area contributed by atoms with E-state index in [2.05, 4.69) is 6.92 Å². The molecule has 2 aliphatic rings. The van der Waals surface area contributed by atoms with Gasteiger partial charge in [0.15, 0.2) is 0 Å². The van der Waals surface area contributed by atoms with Crippen LogP contribution in [0.4, 0.5) is 0 Å². The molecule has 0 aromatic carbocycles. The van der Waals surface area contributed by atoms with Gasteiger partial charge >= 0.3 is 0 Å². The van der Waals surface area contributed by atoms with Crippen molar-refractivity contribution in [3.8, 4) is 0 Å². The summed E-state index contributed by atoms with van der Waals surface area (Å²) in [6.07, 6.45) is 6.23. The van der Waals surface area contributed by atoms with E-state index in [1.54, 1.807) is 0 Å². The fourth-order valence-corrected chi connectivity index (χ4v) is 1.84. The molecule has 2 nitrogen and oxygen atoms in total. The molecule has 1 saturated carbocycles. The molecule has 2 N–H and O–H groups in total. The molecule has 0 radical (unpaired) electrons. The molecule has 0 spiro atoms. The summed E-state index contributed by atoms with van der Waals surface area (Å²) in [5, 5.41) is 0. The van der Waals surface area contributed by atoms with Crippen LogP contribution in [0.15, 0.2) is 0 Å². The SMILES string of the molecule is CCC1(CCC2(N)CC2)COC1. The van der Waals surface area contributed by atoms with Crippen molar-refractivity contribution in [1.82, 2.24) is 0 Å². The first kappa shape index (κ1) is 8.52. The Kier molecular flexibility index (Phi) is 1.92. The van der Waals surface area contributed by atoms with E-state index in [0.717, 1.165) is 13.2 Å². The van der Waals surface area contributed by atoms with Crippen LogP contribution >= 0.6 is 0 Å². The second-order valence-electron chi connectivity index (χ2n) is 4.71. The van der Waals surface area contributed by atoms with Crippen molar-refractivity contribution < 1.29 is 4.74 Å². The van der Waals surface area contributed by atoms with Gasteiger partial charge in [-0.25, -0.2) is 0 Å². The van der Waals surface area contributed by atoms with E-state index in [-0.39, 0.29) is 5.54 Å². The van der Waals surface area contributed by atoms with Gasteiger partial charge in [0.25, 0.3) is 0 Å². The summed E-state index contributed by atoms with van der Waals surface area (Å²) in [5.74, 6) is 0. The monoisotopic (exact) mass is 169 g/mol. The largest absolute Gasteiger partial charge is 0.380 e. The van der Waals surface area contributed by atoms with Crippen molar-refractivity contribution in [2.45, 2.75) is 44.6 Å². The summed E-state index contributed by atoms with van der Waals surface area (Å²) in [6, 6.07) is 0. The molecular formula is C10H19NO. The minimum absolute atomic E-state index is 0.234. The van der Waals surface area contributed by atoms with Crippen molar-refractivity contribution in [2.24, 2.45) is 11.1 Å².